The molecule has 1 N–H and O–H groups in total. The van der Waals surface area contributed by atoms with E-state index < -0.39 is 0 Å². The van der Waals surface area contributed by atoms with E-state index in [9.17, 15) is 4.79 Å². The number of likely N-dealkylation sites (N-methyl/N-ethyl adjacent to an activating group) is 1. The van der Waals surface area contributed by atoms with Gasteiger partial charge in [-0.1, -0.05) is 41.4 Å². The predicted molar refractivity (Wildman–Crippen MR) is 107 cm³/mol. The third-order valence-electron chi connectivity index (χ3n) is 4.71. The van der Waals surface area contributed by atoms with Crippen molar-refractivity contribution >= 4 is 17.5 Å². The van der Waals surface area contributed by atoms with Crippen molar-refractivity contribution in [1.82, 2.24) is 20.0 Å². The molecule has 0 bridgehead atoms. The molecule has 0 fully saturated rings. The fourth-order valence-corrected chi connectivity index (χ4v) is 3.22. The molecule has 142 valence electrons. The Hall–Kier alpha value is -1.85. The number of rotatable bonds is 7. The van der Waals surface area contributed by atoms with Crippen LogP contribution in [0.25, 0.3) is 0 Å². The van der Waals surface area contributed by atoms with Crippen LogP contribution in [0.3, 0.4) is 0 Å². The molecule has 0 aliphatic rings. The summed E-state index contributed by atoms with van der Waals surface area (Å²) in [5.74, 6) is 0.0140. The summed E-state index contributed by atoms with van der Waals surface area (Å²) in [5, 5.41) is 8.17. The number of benzene rings is 1. The van der Waals surface area contributed by atoms with Gasteiger partial charge in [-0.05, 0) is 47.4 Å². The molecular formula is C20H29ClN4O. The molecule has 0 saturated carbocycles. The smallest absolute Gasteiger partial charge is 0.222 e. The Bertz CT molecular complexity index is 752. The number of hydrogen-bond donors (Lipinski definition) is 1. The Morgan fingerprint density at radius 1 is 1.23 bits per heavy atom. The zero-order chi connectivity index (χ0) is 19.4. The SMILES string of the molecule is Cc1ccc([C@H](CNC(=O)C[C@H](C)n2nc(C)c(Cl)c2C)N(C)C)cc1. The highest BCUT2D eigenvalue weighted by atomic mass is 35.5. The quantitative estimate of drug-likeness (QED) is 0.798. The average Bonchev–Trinajstić information content (AvgIpc) is 2.84. The van der Waals surface area contributed by atoms with Crippen molar-refractivity contribution in [1.29, 1.82) is 0 Å². The van der Waals surface area contributed by atoms with Crippen molar-refractivity contribution in [3.63, 3.8) is 0 Å². The molecule has 1 heterocycles. The fraction of sp³-hybridized carbons (Fsp3) is 0.500. The van der Waals surface area contributed by atoms with Crippen LogP contribution in [0.2, 0.25) is 5.02 Å². The lowest BCUT2D eigenvalue weighted by Gasteiger charge is -2.25. The largest absolute Gasteiger partial charge is 0.354 e. The first-order chi connectivity index (χ1) is 12.2. The van der Waals surface area contributed by atoms with E-state index in [1.54, 1.807) is 0 Å². The van der Waals surface area contributed by atoms with Crippen molar-refractivity contribution in [3.05, 3.63) is 51.8 Å². The summed E-state index contributed by atoms with van der Waals surface area (Å²) in [6.07, 6.45) is 0.367. The van der Waals surface area contributed by atoms with E-state index in [1.165, 1.54) is 11.1 Å². The maximum absolute atomic E-state index is 12.4. The Morgan fingerprint density at radius 3 is 2.35 bits per heavy atom. The summed E-state index contributed by atoms with van der Waals surface area (Å²) in [6.45, 7) is 8.43. The summed E-state index contributed by atoms with van der Waals surface area (Å²) in [6, 6.07) is 8.53. The lowest BCUT2D eigenvalue weighted by molar-refractivity contribution is -0.122. The number of nitrogens with zero attached hydrogens (tertiary/aromatic N) is 3. The van der Waals surface area contributed by atoms with Crippen LogP contribution in [0.1, 0.15) is 47.9 Å². The second-order valence-electron chi connectivity index (χ2n) is 7.18. The van der Waals surface area contributed by atoms with Gasteiger partial charge in [-0.2, -0.15) is 5.10 Å². The minimum atomic E-state index is -0.0432. The molecule has 0 radical (unpaired) electrons. The van der Waals surface area contributed by atoms with Crippen LogP contribution in [0.15, 0.2) is 24.3 Å². The second-order valence-corrected chi connectivity index (χ2v) is 7.55. The van der Waals surface area contributed by atoms with Crippen LogP contribution in [0.4, 0.5) is 0 Å². The van der Waals surface area contributed by atoms with Crippen molar-refractivity contribution in [2.24, 2.45) is 0 Å². The van der Waals surface area contributed by atoms with Gasteiger partial charge < -0.3 is 10.2 Å². The van der Waals surface area contributed by atoms with Crippen LogP contribution in [0.5, 0.6) is 0 Å². The first-order valence-corrected chi connectivity index (χ1v) is 9.29. The number of aryl methyl sites for hydroxylation is 2. The zero-order valence-corrected chi connectivity index (χ0v) is 17.3. The van der Waals surface area contributed by atoms with Gasteiger partial charge in [-0.25, -0.2) is 0 Å². The molecular weight excluding hydrogens is 348 g/mol. The van der Waals surface area contributed by atoms with Crippen LogP contribution in [0, 0.1) is 20.8 Å². The van der Waals surface area contributed by atoms with Crippen molar-refractivity contribution in [2.75, 3.05) is 20.6 Å². The van der Waals surface area contributed by atoms with Gasteiger partial charge in [0.25, 0.3) is 0 Å². The number of carbonyl (C=O) groups excluding carboxylic acids is 1. The molecule has 1 amide bonds. The fourth-order valence-electron chi connectivity index (χ4n) is 3.10. The van der Waals surface area contributed by atoms with Gasteiger partial charge in [0.05, 0.1) is 28.5 Å². The Kier molecular flexibility index (Phi) is 6.84. The van der Waals surface area contributed by atoms with E-state index in [0.29, 0.717) is 18.0 Å². The Balaban J connectivity index is 1.97. The molecule has 26 heavy (non-hydrogen) atoms. The Morgan fingerprint density at radius 2 is 1.85 bits per heavy atom. The first kappa shape index (κ1) is 20.5. The summed E-state index contributed by atoms with van der Waals surface area (Å²) in [7, 11) is 4.05. The third kappa shape index (κ3) is 4.86. The van der Waals surface area contributed by atoms with Crippen molar-refractivity contribution in [3.8, 4) is 0 Å². The number of hydrogen-bond acceptors (Lipinski definition) is 3. The molecule has 2 aromatic rings. The number of aromatic nitrogens is 2. The van der Waals surface area contributed by atoms with Crippen LogP contribution < -0.4 is 5.32 Å². The molecule has 0 spiro atoms. The zero-order valence-electron chi connectivity index (χ0n) is 16.5. The van der Waals surface area contributed by atoms with Crippen molar-refractivity contribution < 1.29 is 4.79 Å². The average molecular weight is 377 g/mol. The predicted octanol–water partition coefficient (Wildman–Crippen LogP) is 3.83. The molecule has 6 heteroatoms. The number of amides is 1. The normalized spacial score (nSPS) is 13.7. The monoisotopic (exact) mass is 376 g/mol. The van der Waals surface area contributed by atoms with Gasteiger partial charge in [-0.3, -0.25) is 9.48 Å². The van der Waals surface area contributed by atoms with Crippen LogP contribution >= 0.6 is 11.6 Å². The summed E-state index contributed by atoms with van der Waals surface area (Å²) < 4.78 is 1.83. The number of nitrogens with one attached hydrogen (secondary N) is 1. The molecule has 0 unspecified atom stereocenters. The molecule has 0 aliphatic heterocycles. The highest BCUT2D eigenvalue weighted by molar-refractivity contribution is 6.31. The molecule has 1 aromatic carbocycles. The van der Waals surface area contributed by atoms with E-state index in [-0.39, 0.29) is 18.0 Å². The van der Waals surface area contributed by atoms with E-state index in [1.807, 2.05) is 39.5 Å². The van der Waals surface area contributed by atoms with Gasteiger partial charge in [0, 0.05) is 13.0 Å². The lowest BCUT2D eigenvalue weighted by atomic mass is 10.0. The summed E-state index contributed by atoms with van der Waals surface area (Å²) in [5.41, 5.74) is 4.12. The molecule has 0 saturated heterocycles. The van der Waals surface area contributed by atoms with Gasteiger partial charge in [0.15, 0.2) is 0 Å². The second kappa shape index (κ2) is 8.69. The van der Waals surface area contributed by atoms with Crippen LogP contribution in [-0.2, 0) is 4.79 Å². The molecule has 2 rings (SSSR count). The van der Waals surface area contributed by atoms with Gasteiger partial charge >= 0.3 is 0 Å². The maximum atomic E-state index is 12.4. The molecule has 5 nitrogen and oxygen atoms in total. The van der Waals surface area contributed by atoms with Crippen LogP contribution in [-0.4, -0.2) is 41.2 Å². The molecule has 0 aliphatic carbocycles. The summed E-state index contributed by atoms with van der Waals surface area (Å²) in [4.78, 5) is 14.6. The minimum Gasteiger partial charge on any atom is -0.354 e. The summed E-state index contributed by atoms with van der Waals surface area (Å²) >= 11 is 6.21. The first-order valence-electron chi connectivity index (χ1n) is 8.91. The van der Waals surface area contributed by atoms with Gasteiger partial charge in [-0.15, -0.1) is 0 Å². The topological polar surface area (TPSA) is 50.2 Å². The van der Waals surface area contributed by atoms with E-state index >= 15 is 0 Å². The van der Waals surface area contributed by atoms with E-state index in [0.717, 1.165) is 11.4 Å². The molecule has 2 atom stereocenters. The van der Waals surface area contributed by atoms with Crippen molar-refractivity contribution in [2.45, 2.75) is 46.2 Å². The highest BCUT2D eigenvalue weighted by Gasteiger charge is 2.19. The lowest BCUT2D eigenvalue weighted by Crippen LogP contribution is -2.35. The van der Waals surface area contributed by atoms with Gasteiger partial charge in [0.1, 0.15) is 0 Å². The maximum Gasteiger partial charge on any atom is 0.222 e. The number of carbonyl (C=O) groups is 1. The standard InChI is InChI=1S/C20H29ClN4O/c1-13-7-9-17(10-8-13)18(24(5)6)12-22-19(26)11-14(2)25-16(4)20(21)15(3)23-25/h7-10,14,18H,11-12H2,1-6H3,(H,22,26)/t14-,18-/m0/s1. The third-order valence-corrected chi connectivity index (χ3v) is 5.26. The van der Waals surface area contributed by atoms with E-state index in [2.05, 4.69) is 46.5 Å². The molecule has 1 aromatic heterocycles. The van der Waals surface area contributed by atoms with Gasteiger partial charge in [0.2, 0.25) is 5.91 Å². The number of halogens is 1. The minimum absolute atomic E-state index is 0.0140. The Labute approximate surface area is 161 Å². The highest BCUT2D eigenvalue weighted by Crippen LogP contribution is 2.23. The van der Waals surface area contributed by atoms with E-state index in [4.69, 9.17) is 11.6 Å².